The van der Waals surface area contributed by atoms with E-state index in [1.807, 2.05) is 6.92 Å². The van der Waals surface area contributed by atoms with Crippen LogP contribution in [0.3, 0.4) is 0 Å². The van der Waals surface area contributed by atoms with Crippen molar-refractivity contribution in [2.45, 2.75) is 6.92 Å². The van der Waals surface area contributed by atoms with Crippen LogP contribution >= 0.6 is 23.2 Å². The van der Waals surface area contributed by atoms with Crippen molar-refractivity contribution in [3.8, 4) is 5.75 Å². The molecule has 0 N–H and O–H groups in total. The Morgan fingerprint density at radius 2 is 2.27 bits per heavy atom. The summed E-state index contributed by atoms with van der Waals surface area (Å²) in [6, 6.07) is 5.19. The molecule has 0 saturated carbocycles. The topological polar surface area (TPSA) is 26.3 Å². The highest BCUT2D eigenvalue weighted by Crippen LogP contribution is 2.24. The largest absolute Gasteiger partial charge is 0.493 e. The van der Waals surface area contributed by atoms with E-state index < -0.39 is 5.24 Å². The van der Waals surface area contributed by atoms with Crippen molar-refractivity contribution >= 4 is 34.5 Å². The van der Waals surface area contributed by atoms with Crippen LogP contribution in [-0.2, 0) is 4.79 Å². The molecule has 0 aliphatic rings. The molecule has 0 atom stereocenters. The lowest BCUT2D eigenvalue weighted by Gasteiger charge is -2.06. The van der Waals surface area contributed by atoms with Crippen molar-refractivity contribution in [1.82, 2.24) is 0 Å². The highest BCUT2D eigenvalue weighted by molar-refractivity contribution is 6.66. The SMILES string of the molecule is CCOc1ccc(Cl)cc1/C=C/C(=O)Cl. The van der Waals surface area contributed by atoms with E-state index in [0.29, 0.717) is 17.4 Å². The summed E-state index contributed by atoms with van der Waals surface area (Å²) >= 11 is 11.0. The van der Waals surface area contributed by atoms with E-state index in [4.69, 9.17) is 27.9 Å². The Hall–Kier alpha value is -0.990. The van der Waals surface area contributed by atoms with Crippen LogP contribution in [0.4, 0.5) is 0 Å². The van der Waals surface area contributed by atoms with Crippen LogP contribution in [0.5, 0.6) is 5.75 Å². The van der Waals surface area contributed by atoms with E-state index >= 15 is 0 Å². The maximum atomic E-state index is 10.6. The fourth-order valence-electron chi connectivity index (χ4n) is 1.09. The maximum absolute atomic E-state index is 10.6. The van der Waals surface area contributed by atoms with Gasteiger partial charge in [-0.2, -0.15) is 0 Å². The van der Waals surface area contributed by atoms with E-state index in [9.17, 15) is 4.79 Å². The number of hydrogen-bond donors (Lipinski definition) is 0. The summed E-state index contributed by atoms with van der Waals surface area (Å²) in [4.78, 5) is 10.6. The van der Waals surface area contributed by atoms with Crippen molar-refractivity contribution < 1.29 is 9.53 Å². The summed E-state index contributed by atoms with van der Waals surface area (Å²) in [7, 11) is 0. The van der Waals surface area contributed by atoms with Crippen molar-refractivity contribution in [2.75, 3.05) is 6.61 Å². The molecule has 2 nitrogen and oxygen atoms in total. The average Bonchev–Trinajstić information content (AvgIpc) is 2.18. The molecule has 0 amide bonds. The lowest BCUT2D eigenvalue weighted by molar-refractivity contribution is -0.107. The van der Waals surface area contributed by atoms with Gasteiger partial charge in [0.25, 0.3) is 0 Å². The molecule has 0 bridgehead atoms. The third kappa shape index (κ3) is 3.94. The van der Waals surface area contributed by atoms with E-state index in [1.165, 1.54) is 6.08 Å². The van der Waals surface area contributed by atoms with E-state index in [1.54, 1.807) is 24.3 Å². The summed E-state index contributed by atoms with van der Waals surface area (Å²) in [5.74, 6) is 0.677. The molecule has 1 rings (SSSR count). The zero-order chi connectivity index (χ0) is 11.3. The van der Waals surface area contributed by atoms with Gasteiger partial charge in [0, 0.05) is 10.6 Å². The minimum atomic E-state index is -0.530. The fraction of sp³-hybridized carbons (Fsp3) is 0.182. The molecule has 1 aromatic rings. The number of benzene rings is 1. The molecule has 0 aromatic heterocycles. The molecule has 4 heteroatoms. The highest BCUT2D eigenvalue weighted by Gasteiger charge is 2.01. The first-order valence-corrected chi connectivity index (χ1v) is 5.19. The van der Waals surface area contributed by atoms with Gasteiger partial charge in [-0.3, -0.25) is 4.79 Å². The second-order valence-electron chi connectivity index (χ2n) is 2.75. The normalized spacial score (nSPS) is 10.6. The second-order valence-corrected chi connectivity index (χ2v) is 3.56. The molecule has 0 aliphatic heterocycles. The van der Waals surface area contributed by atoms with Gasteiger partial charge in [-0.1, -0.05) is 11.6 Å². The predicted molar refractivity (Wildman–Crippen MR) is 62.5 cm³/mol. The van der Waals surface area contributed by atoms with Gasteiger partial charge in [0.1, 0.15) is 5.75 Å². The van der Waals surface area contributed by atoms with E-state index in [0.717, 1.165) is 5.56 Å². The second kappa shape index (κ2) is 5.79. The van der Waals surface area contributed by atoms with Gasteiger partial charge in [-0.15, -0.1) is 0 Å². The van der Waals surface area contributed by atoms with Crippen LogP contribution in [0.15, 0.2) is 24.3 Å². The Labute approximate surface area is 98.4 Å². The third-order valence-electron chi connectivity index (χ3n) is 1.67. The van der Waals surface area contributed by atoms with Crippen LogP contribution in [0.1, 0.15) is 12.5 Å². The maximum Gasteiger partial charge on any atom is 0.245 e. The van der Waals surface area contributed by atoms with Gasteiger partial charge in [0.05, 0.1) is 6.61 Å². The number of carbonyl (C=O) groups excluding carboxylic acids is 1. The van der Waals surface area contributed by atoms with Crippen LogP contribution < -0.4 is 4.74 Å². The number of ether oxygens (including phenoxy) is 1. The molecule has 80 valence electrons. The minimum Gasteiger partial charge on any atom is -0.493 e. The first kappa shape index (κ1) is 12.1. The van der Waals surface area contributed by atoms with E-state index in [-0.39, 0.29) is 0 Å². The zero-order valence-electron chi connectivity index (χ0n) is 8.17. The zero-order valence-corrected chi connectivity index (χ0v) is 9.68. The molecule has 0 unspecified atom stereocenters. The first-order valence-electron chi connectivity index (χ1n) is 4.43. The van der Waals surface area contributed by atoms with Crippen molar-refractivity contribution in [1.29, 1.82) is 0 Å². The number of carbonyl (C=O) groups is 1. The van der Waals surface area contributed by atoms with Crippen molar-refractivity contribution in [3.05, 3.63) is 34.9 Å². The molecule has 1 aromatic carbocycles. The van der Waals surface area contributed by atoms with Gasteiger partial charge in [0.2, 0.25) is 5.24 Å². The van der Waals surface area contributed by atoms with Crippen LogP contribution in [0.2, 0.25) is 5.02 Å². The van der Waals surface area contributed by atoms with Gasteiger partial charge in [0.15, 0.2) is 0 Å². The summed E-state index contributed by atoms with van der Waals surface area (Å²) in [6.45, 7) is 2.44. The van der Waals surface area contributed by atoms with Crippen LogP contribution in [-0.4, -0.2) is 11.8 Å². The molecule has 0 spiro atoms. The lowest BCUT2D eigenvalue weighted by atomic mass is 10.2. The molecule has 0 heterocycles. The summed E-state index contributed by atoms with van der Waals surface area (Å²) in [6.07, 6.45) is 2.84. The summed E-state index contributed by atoms with van der Waals surface area (Å²) in [5.41, 5.74) is 0.735. The number of allylic oxidation sites excluding steroid dienone is 1. The van der Waals surface area contributed by atoms with E-state index in [2.05, 4.69) is 0 Å². The predicted octanol–water partition coefficient (Wildman–Crippen LogP) is 3.52. The third-order valence-corrected chi connectivity index (χ3v) is 2.03. The van der Waals surface area contributed by atoms with Crippen molar-refractivity contribution in [3.63, 3.8) is 0 Å². The monoisotopic (exact) mass is 244 g/mol. The van der Waals surface area contributed by atoms with Gasteiger partial charge in [-0.05, 0) is 48.9 Å². The lowest BCUT2D eigenvalue weighted by Crippen LogP contribution is -1.93. The number of rotatable bonds is 4. The Bertz CT molecular complexity index is 386. The number of halogens is 2. The fourth-order valence-corrected chi connectivity index (χ4v) is 1.34. The standard InChI is InChI=1S/C11H10Cl2O2/c1-2-15-10-5-4-9(12)7-8(10)3-6-11(13)14/h3-7H,2H2,1H3/b6-3+. The molecule has 0 aliphatic carbocycles. The van der Waals surface area contributed by atoms with Gasteiger partial charge >= 0.3 is 0 Å². The molecular weight excluding hydrogens is 235 g/mol. The highest BCUT2D eigenvalue weighted by atomic mass is 35.5. The first-order chi connectivity index (χ1) is 7.13. The molecule has 0 fully saturated rings. The Balaban J connectivity index is 3.01. The Morgan fingerprint density at radius 3 is 2.87 bits per heavy atom. The van der Waals surface area contributed by atoms with Gasteiger partial charge in [-0.25, -0.2) is 0 Å². The molecule has 15 heavy (non-hydrogen) atoms. The minimum absolute atomic E-state index is 0.530. The molecule has 0 saturated heterocycles. The smallest absolute Gasteiger partial charge is 0.245 e. The summed E-state index contributed by atoms with van der Waals surface area (Å²) in [5, 5.41) is 0.0533. The summed E-state index contributed by atoms with van der Waals surface area (Å²) < 4.78 is 5.36. The number of hydrogen-bond acceptors (Lipinski definition) is 2. The average molecular weight is 245 g/mol. The molecule has 0 radical (unpaired) electrons. The molecular formula is C11H10Cl2O2. The van der Waals surface area contributed by atoms with Crippen LogP contribution in [0.25, 0.3) is 6.08 Å². The van der Waals surface area contributed by atoms with Gasteiger partial charge < -0.3 is 4.74 Å². The quantitative estimate of drug-likeness (QED) is 0.599. The van der Waals surface area contributed by atoms with Crippen LogP contribution in [0, 0.1) is 0 Å². The Kier molecular flexibility index (Phi) is 4.66. The Morgan fingerprint density at radius 1 is 1.53 bits per heavy atom. The van der Waals surface area contributed by atoms with Crippen molar-refractivity contribution in [2.24, 2.45) is 0 Å².